The molecule has 2 aliphatic carbocycles. The number of methoxy groups -OCH3 is 1. The number of sulfonamides is 1. The molecule has 3 fully saturated rings. The second-order valence-corrected chi connectivity index (χ2v) is 11.3. The molecule has 3 unspecified atom stereocenters. The van der Waals surface area contributed by atoms with Crippen LogP contribution in [0, 0.1) is 5.92 Å². The van der Waals surface area contributed by atoms with E-state index in [2.05, 4.69) is 14.7 Å². The Kier molecular flexibility index (Phi) is 6.19. The van der Waals surface area contributed by atoms with Crippen LogP contribution in [0.1, 0.15) is 44.9 Å². The molecule has 0 radical (unpaired) electrons. The highest BCUT2D eigenvalue weighted by atomic mass is 35.5. The van der Waals surface area contributed by atoms with Crippen LogP contribution in [0.3, 0.4) is 0 Å². The predicted octanol–water partition coefficient (Wildman–Crippen LogP) is 2.10. The molecule has 31 heavy (non-hydrogen) atoms. The number of hydrogen-bond donors (Lipinski definition) is 1. The Morgan fingerprint density at radius 3 is 2.68 bits per heavy atom. The lowest BCUT2D eigenvalue weighted by molar-refractivity contribution is -0.0103. The predicted molar refractivity (Wildman–Crippen MR) is 114 cm³/mol. The Morgan fingerprint density at radius 2 is 2.06 bits per heavy atom. The standard InChI is InChI=1S/C20H29ClN4O5S/c1-12-6-16(24-31(3,27)28)17(25(12)19(26)29-2)11-30-15-4-5-20(8-13(20)7-15)18-22-9-14(21)10-23-18/h9-10,12-13,15-17,24H,4-8,11H2,1-3H3/t12-,13?,15?,16+,17+,20?/m1/s1. The third-order valence-electron chi connectivity index (χ3n) is 6.90. The van der Waals surface area contributed by atoms with Crippen LogP contribution >= 0.6 is 11.6 Å². The number of fused-ring (bicyclic) bond motifs is 1. The van der Waals surface area contributed by atoms with Crippen molar-refractivity contribution in [1.82, 2.24) is 19.6 Å². The van der Waals surface area contributed by atoms with E-state index in [4.69, 9.17) is 21.1 Å². The number of nitrogens with one attached hydrogen (secondary N) is 1. The van der Waals surface area contributed by atoms with Crippen LogP contribution in [0.25, 0.3) is 0 Å². The molecule has 1 aliphatic heterocycles. The zero-order chi connectivity index (χ0) is 22.4. The zero-order valence-electron chi connectivity index (χ0n) is 18.0. The number of amides is 1. The summed E-state index contributed by atoms with van der Waals surface area (Å²) >= 11 is 5.92. The number of aromatic nitrogens is 2. The first-order chi connectivity index (χ1) is 14.6. The highest BCUT2D eigenvalue weighted by Crippen LogP contribution is 2.61. The number of rotatable bonds is 6. The minimum Gasteiger partial charge on any atom is -0.453 e. The van der Waals surface area contributed by atoms with Gasteiger partial charge in [0.05, 0.1) is 37.1 Å². The van der Waals surface area contributed by atoms with Crippen molar-refractivity contribution in [2.45, 2.75) is 68.7 Å². The molecule has 0 bridgehead atoms. The van der Waals surface area contributed by atoms with E-state index in [1.807, 2.05) is 6.92 Å². The van der Waals surface area contributed by atoms with Crippen LogP contribution in [-0.2, 0) is 24.9 Å². The fourth-order valence-corrected chi connectivity index (χ4v) is 6.27. The Hall–Kier alpha value is -1.49. The summed E-state index contributed by atoms with van der Waals surface area (Å²) in [5, 5.41) is 0.535. The molecule has 0 spiro atoms. The molecular weight excluding hydrogens is 444 g/mol. The Labute approximate surface area is 187 Å². The molecule has 1 N–H and O–H groups in total. The number of hydrogen-bond acceptors (Lipinski definition) is 7. The molecule has 1 amide bonds. The molecular formula is C20H29ClN4O5S. The van der Waals surface area contributed by atoms with Gasteiger partial charge in [0.1, 0.15) is 5.82 Å². The summed E-state index contributed by atoms with van der Waals surface area (Å²) in [6, 6.07) is -0.970. The van der Waals surface area contributed by atoms with Crippen molar-refractivity contribution in [2.24, 2.45) is 5.92 Å². The van der Waals surface area contributed by atoms with Gasteiger partial charge < -0.3 is 9.47 Å². The van der Waals surface area contributed by atoms with Crippen LogP contribution in [0.5, 0.6) is 0 Å². The first-order valence-corrected chi connectivity index (χ1v) is 12.8. The third kappa shape index (κ3) is 4.67. The Bertz CT molecular complexity index is 930. The van der Waals surface area contributed by atoms with Gasteiger partial charge in [-0.25, -0.2) is 27.9 Å². The van der Waals surface area contributed by atoms with Crippen molar-refractivity contribution in [3.05, 3.63) is 23.2 Å². The number of nitrogens with zero attached hydrogens (tertiary/aromatic N) is 3. The van der Waals surface area contributed by atoms with Gasteiger partial charge in [0.15, 0.2) is 0 Å². The van der Waals surface area contributed by atoms with E-state index in [1.54, 1.807) is 17.3 Å². The van der Waals surface area contributed by atoms with E-state index in [0.29, 0.717) is 17.4 Å². The first kappa shape index (κ1) is 22.7. The summed E-state index contributed by atoms with van der Waals surface area (Å²) in [6.45, 7) is 2.15. The summed E-state index contributed by atoms with van der Waals surface area (Å²) in [6.07, 6.45) is 8.28. The normalized spacial score (nSPS) is 35.0. The molecule has 1 aromatic rings. The molecule has 11 heteroatoms. The number of halogens is 1. The molecule has 2 saturated carbocycles. The van der Waals surface area contributed by atoms with E-state index in [-0.39, 0.29) is 24.2 Å². The average molecular weight is 473 g/mol. The van der Waals surface area contributed by atoms with Crippen LogP contribution in [0.2, 0.25) is 5.02 Å². The van der Waals surface area contributed by atoms with E-state index in [0.717, 1.165) is 37.8 Å². The second-order valence-electron chi connectivity index (χ2n) is 9.04. The van der Waals surface area contributed by atoms with Crippen LogP contribution < -0.4 is 4.72 Å². The molecule has 6 atom stereocenters. The lowest BCUT2D eigenvalue weighted by atomic mass is 9.86. The van der Waals surface area contributed by atoms with Crippen molar-refractivity contribution in [3.8, 4) is 0 Å². The van der Waals surface area contributed by atoms with Crippen LogP contribution in [0.15, 0.2) is 12.4 Å². The van der Waals surface area contributed by atoms with Gasteiger partial charge in [0.2, 0.25) is 10.0 Å². The summed E-state index contributed by atoms with van der Waals surface area (Å²) in [5.74, 6) is 1.33. The fourth-order valence-electron chi connectivity index (χ4n) is 5.37. The SMILES string of the molecule is COC(=O)N1[C@H](C)C[C@H](NS(C)(=O)=O)[C@@H]1COC1CCC2(c3ncc(Cl)cn3)CC2C1. The number of carbonyl (C=O) groups excluding carboxylic acids is 1. The summed E-state index contributed by atoms with van der Waals surface area (Å²) in [7, 11) is -2.08. The summed E-state index contributed by atoms with van der Waals surface area (Å²) in [5.41, 5.74) is 0.0325. The minimum absolute atomic E-state index is 0.0325. The highest BCUT2D eigenvalue weighted by Gasteiger charge is 2.60. The number of likely N-dealkylation sites (tertiary alicyclic amines) is 1. The van der Waals surface area contributed by atoms with Gasteiger partial charge in [-0.3, -0.25) is 4.90 Å². The molecule has 2 heterocycles. The molecule has 0 aromatic carbocycles. The van der Waals surface area contributed by atoms with Gasteiger partial charge in [0, 0.05) is 29.9 Å². The zero-order valence-corrected chi connectivity index (χ0v) is 19.5. The van der Waals surface area contributed by atoms with Gasteiger partial charge >= 0.3 is 6.09 Å². The molecule has 172 valence electrons. The van der Waals surface area contributed by atoms with Crippen molar-refractivity contribution in [3.63, 3.8) is 0 Å². The molecule has 1 saturated heterocycles. The maximum absolute atomic E-state index is 12.3. The largest absolute Gasteiger partial charge is 0.453 e. The monoisotopic (exact) mass is 472 g/mol. The molecule has 1 aromatic heterocycles. The van der Waals surface area contributed by atoms with Gasteiger partial charge in [0.25, 0.3) is 0 Å². The highest BCUT2D eigenvalue weighted by molar-refractivity contribution is 7.88. The summed E-state index contributed by atoms with van der Waals surface area (Å²) < 4.78 is 37.5. The van der Waals surface area contributed by atoms with Crippen molar-refractivity contribution in [2.75, 3.05) is 20.0 Å². The van der Waals surface area contributed by atoms with Gasteiger partial charge in [-0.2, -0.15) is 0 Å². The van der Waals surface area contributed by atoms with Crippen LogP contribution in [-0.4, -0.2) is 73.6 Å². The fraction of sp³-hybridized carbons (Fsp3) is 0.750. The number of carbonyl (C=O) groups is 1. The van der Waals surface area contributed by atoms with Crippen LogP contribution in [0.4, 0.5) is 4.79 Å². The van der Waals surface area contributed by atoms with Crippen molar-refractivity contribution in [1.29, 1.82) is 0 Å². The van der Waals surface area contributed by atoms with Gasteiger partial charge in [-0.05, 0) is 44.9 Å². The van der Waals surface area contributed by atoms with E-state index < -0.39 is 28.2 Å². The molecule has 3 aliphatic rings. The van der Waals surface area contributed by atoms with Crippen molar-refractivity contribution < 1.29 is 22.7 Å². The third-order valence-corrected chi connectivity index (χ3v) is 7.83. The maximum Gasteiger partial charge on any atom is 0.410 e. The van der Waals surface area contributed by atoms with E-state index in [9.17, 15) is 13.2 Å². The Balaban J connectivity index is 1.39. The average Bonchev–Trinajstić information content (AvgIpc) is 3.36. The topological polar surface area (TPSA) is 111 Å². The van der Waals surface area contributed by atoms with E-state index >= 15 is 0 Å². The quantitative estimate of drug-likeness (QED) is 0.674. The molecule has 9 nitrogen and oxygen atoms in total. The van der Waals surface area contributed by atoms with Gasteiger partial charge in [-0.15, -0.1) is 0 Å². The molecule has 4 rings (SSSR count). The maximum atomic E-state index is 12.3. The number of ether oxygens (including phenoxy) is 2. The lowest BCUT2D eigenvalue weighted by Gasteiger charge is -2.32. The summed E-state index contributed by atoms with van der Waals surface area (Å²) in [4.78, 5) is 22.8. The van der Waals surface area contributed by atoms with E-state index in [1.165, 1.54) is 7.11 Å². The lowest BCUT2D eigenvalue weighted by Crippen LogP contribution is -2.50. The minimum atomic E-state index is -3.41. The Morgan fingerprint density at radius 1 is 1.35 bits per heavy atom. The van der Waals surface area contributed by atoms with Gasteiger partial charge in [-0.1, -0.05) is 11.6 Å². The van der Waals surface area contributed by atoms with Crippen molar-refractivity contribution >= 4 is 27.7 Å². The smallest absolute Gasteiger partial charge is 0.410 e. The second kappa shape index (κ2) is 8.46. The first-order valence-electron chi connectivity index (χ1n) is 10.6.